The van der Waals surface area contributed by atoms with Crippen LogP contribution in [0.15, 0.2) is 4.47 Å². The number of carbonyl (C=O) groups is 1. The molecule has 112 valence electrons. The van der Waals surface area contributed by atoms with Crippen molar-refractivity contribution in [3.05, 3.63) is 15.9 Å². The van der Waals surface area contributed by atoms with Crippen molar-refractivity contribution in [2.45, 2.75) is 45.6 Å². The Labute approximate surface area is 125 Å². The zero-order valence-electron chi connectivity index (χ0n) is 11.5. The van der Waals surface area contributed by atoms with Gasteiger partial charge >= 0.3 is 0 Å². The van der Waals surface area contributed by atoms with Gasteiger partial charge in [-0.2, -0.15) is 5.10 Å². The smallest absolute Gasteiger partial charge is 0.283 e. The summed E-state index contributed by atoms with van der Waals surface area (Å²) in [6, 6.07) is 0. The molecule has 1 aliphatic rings. The summed E-state index contributed by atoms with van der Waals surface area (Å²) in [7, 11) is 0. The molecular formula is C13H18BrF2N3O. The van der Waals surface area contributed by atoms with Crippen molar-refractivity contribution in [1.82, 2.24) is 15.1 Å². The van der Waals surface area contributed by atoms with Crippen LogP contribution in [0.3, 0.4) is 0 Å². The van der Waals surface area contributed by atoms with Crippen molar-refractivity contribution in [2.24, 2.45) is 5.92 Å². The molecule has 0 unspecified atom stereocenters. The number of hydrogen-bond acceptors (Lipinski definition) is 2. The van der Waals surface area contributed by atoms with Crippen LogP contribution in [0.4, 0.5) is 8.78 Å². The van der Waals surface area contributed by atoms with E-state index < -0.39 is 6.43 Å². The predicted molar refractivity (Wildman–Crippen MR) is 74.7 cm³/mol. The summed E-state index contributed by atoms with van der Waals surface area (Å²) in [5, 5.41) is 6.67. The van der Waals surface area contributed by atoms with E-state index in [1.807, 2.05) is 13.8 Å². The minimum absolute atomic E-state index is 0.0100. The van der Waals surface area contributed by atoms with Gasteiger partial charge in [0.2, 0.25) is 5.91 Å². The standard InChI is InChI=1S/C13H18BrF2N3O/c1-7(2)5-17-9(20)6-19-12(8-3-4-8)10(14)11(18-19)13(15)16/h7-8,13H,3-6H2,1-2H3,(H,17,20). The first-order valence-electron chi connectivity index (χ1n) is 6.71. The lowest BCUT2D eigenvalue weighted by Gasteiger charge is -2.09. The Kier molecular flexibility index (Phi) is 4.78. The number of nitrogens with zero attached hydrogens (tertiary/aromatic N) is 2. The molecule has 0 radical (unpaired) electrons. The van der Waals surface area contributed by atoms with E-state index in [0.29, 0.717) is 16.9 Å². The quantitative estimate of drug-likeness (QED) is 0.856. The van der Waals surface area contributed by atoms with Gasteiger partial charge in [0.15, 0.2) is 0 Å². The molecule has 1 saturated carbocycles. The molecular weight excluding hydrogens is 332 g/mol. The molecule has 1 N–H and O–H groups in total. The Hall–Kier alpha value is -0.980. The number of alkyl halides is 2. The number of carbonyl (C=O) groups excluding carboxylic acids is 1. The number of nitrogens with one attached hydrogen (secondary N) is 1. The van der Waals surface area contributed by atoms with E-state index in [1.165, 1.54) is 4.68 Å². The number of rotatable bonds is 6. The maximum absolute atomic E-state index is 12.9. The van der Waals surface area contributed by atoms with Crippen LogP contribution in [0, 0.1) is 5.92 Å². The molecule has 0 aromatic carbocycles. The highest BCUT2D eigenvalue weighted by Gasteiger charge is 2.34. The highest BCUT2D eigenvalue weighted by molar-refractivity contribution is 9.10. The van der Waals surface area contributed by atoms with Crippen molar-refractivity contribution in [3.63, 3.8) is 0 Å². The topological polar surface area (TPSA) is 46.9 Å². The van der Waals surface area contributed by atoms with Crippen molar-refractivity contribution >= 4 is 21.8 Å². The minimum atomic E-state index is -2.64. The molecule has 1 heterocycles. The highest BCUT2D eigenvalue weighted by Crippen LogP contribution is 2.45. The van der Waals surface area contributed by atoms with E-state index in [-0.39, 0.29) is 24.1 Å². The number of hydrogen-bond donors (Lipinski definition) is 1. The van der Waals surface area contributed by atoms with Crippen LogP contribution in [-0.4, -0.2) is 22.2 Å². The molecule has 4 nitrogen and oxygen atoms in total. The summed E-state index contributed by atoms with van der Waals surface area (Å²) in [4.78, 5) is 11.8. The third-order valence-corrected chi connectivity index (χ3v) is 3.94. The third kappa shape index (κ3) is 3.56. The second kappa shape index (κ2) is 6.20. The van der Waals surface area contributed by atoms with Gasteiger partial charge in [-0.3, -0.25) is 9.48 Å². The van der Waals surface area contributed by atoms with Crippen LogP contribution in [0.5, 0.6) is 0 Å². The fourth-order valence-electron chi connectivity index (χ4n) is 1.99. The van der Waals surface area contributed by atoms with Crippen molar-refractivity contribution in [3.8, 4) is 0 Å². The van der Waals surface area contributed by atoms with Crippen molar-refractivity contribution in [1.29, 1.82) is 0 Å². The van der Waals surface area contributed by atoms with Gasteiger partial charge in [0.05, 0.1) is 10.2 Å². The molecule has 0 saturated heterocycles. The van der Waals surface area contributed by atoms with Gasteiger partial charge in [-0.1, -0.05) is 13.8 Å². The molecule has 0 spiro atoms. The molecule has 1 fully saturated rings. The lowest BCUT2D eigenvalue weighted by molar-refractivity contribution is -0.122. The van der Waals surface area contributed by atoms with E-state index >= 15 is 0 Å². The molecule has 7 heteroatoms. The number of aromatic nitrogens is 2. The second-order valence-corrected chi connectivity index (χ2v) is 6.31. The number of halogens is 3. The Bertz CT molecular complexity index is 498. The van der Waals surface area contributed by atoms with Gasteiger partial charge in [0.25, 0.3) is 6.43 Å². The molecule has 1 aromatic rings. The molecule has 0 atom stereocenters. The Balaban J connectivity index is 2.14. The summed E-state index contributed by atoms with van der Waals surface area (Å²) < 4.78 is 27.5. The third-order valence-electron chi connectivity index (χ3n) is 3.13. The molecule has 1 aromatic heterocycles. The average molecular weight is 350 g/mol. The lowest BCUT2D eigenvalue weighted by atomic mass is 10.2. The van der Waals surface area contributed by atoms with Crippen molar-refractivity contribution < 1.29 is 13.6 Å². The van der Waals surface area contributed by atoms with E-state index in [0.717, 1.165) is 18.5 Å². The lowest BCUT2D eigenvalue weighted by Crippen LogP contribution is -2.31. The first-order chi connectivity index (χ1) is 9.40. The summed E-state index contributed by atoms with van der Waals surface area (Å²) in [6.07, 6.45) is -0.719. The summed E-state index contributed by atoms with van der Waals surface area (Å²) >= 11 is 3.20. The monoisotopic (exact) mass is 349 g/mol. The van der Waals surface area contributed by atoms with Gasteiger partial charge < -0.3 is 5.32 Å². The molecule has 0 aliphatic heterocycles. The summed E-state index contributed by atoms with van der Waals surface area (Å²) in [5.41, 5.74) is 0.448. The maximum atomic E-state index is 12.9. The predicted octanol–water partition coefficient (Wildman–Crippen LogP) is 3.23. The average Bonchev–Trinajstić information content (AvgIpc) is 3.12. The van der Waals surface area contributed by atoms with E-state index in [9.17, 15) is 13.6 Å². The molecule has 1 aliphatic carbocycles. The molecule has 2 rings (SSSR count). The van der Waals surface area contributed by atoms with E-state index in [4.69, 9.17) is 0 Å². The fourth-order valence-corrected chi connectivity index (χ4v) is 2.77. The van der Waals surface area contributed by atoms with Gasteiger partial charge in [0.1, 0.15) is 12.2 Å². The minimum Gasteiger partial charge on any atom is -0.354 e. The van der Waals surface area contributed by atoms with Gasteiger partial charge in [-0.25, -0.2) is 8.78 Å². The zero-order chi connectivity index (χ0) is 14.9. The SMILES string of the molecule is CC(C)CNC(=O)Cn1nc(C(F)F)c(Br)c1C1CC1. The van der Waals surface area contributed by atoms with Crippen LogP contribution in [0.1, 0.15) is 50.4 Å². The maximum Gasteiger partial charge on any atom is 0.283 e. The molecule has 0 bridgehead atoms. The Morgan fingerprint density at radius 1 is 1.50 bits per heavy atom. The van der Waals surface area contributed by atoms with Crippen LogP contribution in [0.2, 0.25) is 0 Å². The largest absolute Gasteiger partial charge is 0.354 e. The van der Waals surface area contributed by atoms with Crippen LogP contribution < -0.4 is 5.32 Å². The normalized spacial score (nSPS) is 15.2. The number of amides is 1. The Morgan fingerprint density at radius 3 is 2.65 bits per heavy atom. The van der Waals surface area contributed by atoms with Crippen LogP contribution in [0.25, 0.3) is 0 Å². The van der Waals surface area contributed by atoms with E-state index in [2.05, 4.69) is 26.3 Å². The zero-order valence-corrected chi connectivity index (χ0v) is 13.1. The first-order valence-corrected chi connectivity index (χ1v) is 7.50. The fraction of sp³-hybridized carbons (Fsp3) is 0.692. The van der Waals surface area contributed by atoms with Crippen molar-refractivity contribution in [2.75, 3.05) is 6.54 Å². The first kappa shape index (κ1) is 15.4. The Morgan fingerprint density at radius 2 is 2.15 bits per heavy atom. The van der Waals surface area contributed by atoms with Crippen LogP contribution in [-0.2, 0) is 11.3 Å². The summed E-state index contributed by atoms with van der Waals surface area (Å²) in [6.45, 7) is 4.55. The summed E-state index contributed by atoms with van der Waals surface area (Å²) in [5.74, 6) is 0.390. The molecule has 20 heavy (non-hydrogen) atoms. The molecule has 1 amide bonds. The van der Waals surface area contributed by atoms with Gasteiger partial charge in [-0.05, 0) is 34.7 Å². The highest BCUT2D eigenvalue weighted by atomic mass is 79.9. The van der Waals surface area contributed by atoms with Gasteiger partial charge in [0, 0.05) is 12.5 Å². The van der Waals surface area contributed by atoms with Gasteiger partial charge in [-0.15, -0.1) is 0 Å². The second-order valence-electron chi connectivity index (χ2n) is 5.52. The van der Waals surface area contributed by atoms with Crippen LogP contribution >= 0.6 is 15.9 Å². The van der Waals surface area contributed by atoms with E-state index in [1.54, 1.807) is 0 Å².